The number of rotatable bonds is 6. The number of esters is 1. The molecule has 7 heteroatoms. The fourth-order valence-corrected chi connectivity index (χ4v) is 3.37. The van der Waals surface area contributed by atoms with Crippen molar-refractivity contribution in [1.82, 2.24) is 5.32 Å². The highest BCUT2D eigenvalue weighted by molar-refractivity contribution is 7.10. The normalized spacial score (nSPS) is 13.2. The van der Waals surface area contributed by atoms with Gasteiger partial charge in [0, 0.05) is 14.9 Å². The van der Waals surface area contributed by atoms with E-state index in [0.29, 0.717) is 10.0 Å². The number of carbonyl (C=O) groups excluding carboxylic acids is 2. The van der Waals surface area contributed by atoms with E-state index in [1.807, 2.05) is 17.5 Å². The van der Waals surface area contributed by atoms with Crippen molar-refractivity contribution in [2.24, 2.45) is 0 Å². The number of ether oxygens (including phenoxy) is 1. The molecule has 1 N–H and O–H groups in total. The Morgan fingerprint density at radius 3 is 2.62 bits per heavy atom. The molecule has 0 saturated heterocycles. The number of thiophene rings is 1. The van der Waals surface area contributed by atoms with Crippen LogP contribution in [0.2, 0.25) is 10.0 Å². The Labute approximate surface area is 154 Å². The third-order valence-corrected chi connectivity index (χ3v) is 4.80. The van der Waals surface area contributed by atoms with Gasteiger partial charge in [-0.2, -0.15) is 0 Å². The zero-order chi connectivity index (χ0) is 17.7. The Balaban J connectivity index is 1.89. The van der Waals surface area contributed by atoms with Crippen LogP contribution in [0.1, 0.15) is 30.3 Å². The van der Waals surface area contributed by atoms with Crippen molar-refractivity contribution in [3.63, 3.8) is 0 Å². The number of halogens is 2. The Morgan fingerprint density at radius 2 is 2.00 bits per heavy atom. The summed E-state index contributed by atoms with van der Waals surface area (Å²) in [5.41, 5.74) is 0.742. The second-order valence-electron chi connectivity index (χ2n) is 5.28. The lowest BCUT2D eigenvalue weighted by molar-refractivity contribution is -0.154. The van der Waals surface area contributed by atoms with Crippen LogP contribution in [0.3, 0.4) is 0 Å². The van der Waals surface area contributed by atoms with Gasteiger partial charge in [0.05, 0.1) is 12.5 Å². The van der Waals surface area contributed by atoms with Crippen LogP contribution in [0.25, 0.3) is 0 Å². The molecule has 4 nitrogen and oxygen atoms in total. The summed E-state index contributed by atoms with van der Waals surface area (Å²) in [4.78, 5) is 24.9. The second-order valence-corrected chi connectivity index (χ2v) is 7.16. The Hall–Kier alpha value is -1.56. The number of hydrogen-bond acceptors (Lipinski definition) is 4. The topological polar surface area (TPSA) is 55.4 Å². The van der Waals surface area contributed by atoms with Crippen LogP contribution in [0, 0.1) is 0 Å². The molecule has 0 spiro atoms. The maximum Gasteiger partial charge on any atom is 0.311 e. The predicted molar refractivity (Wildman–Crippen MR) is 96.6 cm³/mol. The lowest BCUT2D eigenvalue weighted by Gasteiger charge is -2.19. The molecule has 1 aromatic heterocycles. The van der Waals surface area contributed by atoms with E-state index in [-0.39, 0.29) is 18.4 Å². The Morgan fingerprint density at radius 1 is 1.25 bits per heavy atom. The second kappa shape index (κ2) is 8.51. The van der Waals surface area contributed by atoms with Gasteiger partial charge in [-0.25, -0.2) is 0 Å². The van der Waals surface area contributed by atoms with Crippen LogP contribution in [0.15, 0.2) is 35.7 Å². The molecule has 24 heavy (non-hydrogen) atoms. The van der Waals surface area contributed by atoms with Crippen molar-refractivity contribution in [1.29, 1.82) is 0 Å². The summed E-state index contributed by atoms with van der Waals surface area (Å²) >= 11 is 13.5. The quantitative estimate of drug-likeness (QED) is 0.749. The molecule has 2 atom stereocenters. The maximum absolute atomic E-state index is 12.2. The van der Waals surface area contributed by atoms with E-state index in [1.165, 1.54) is 18.3 Å². The molecule has 1 aromatic carbocycles. The van der Waals surface area contributed by atoms with Crippen molar-refractivity contribution in [3.05, 3.63) is 56.2 Å². The van der Waals surface area contributed by atoms with Crippen LogP contribution < -0.4 is 5.32 Å². The van der Waals surface area contributed by atoms with Crippen molar-refractivity contribution in [3.8, 4) is 0 Å². The van der Waals surface area contributed by atoms with Crippen LogP contribution in [-0.2, 0) is 20.7 Å². The van der Waals surface area contributed by atoms with Crippen molar-refractivity contribution < 1.29 is 14.3 Å². The summed E-state index contributed by atoms with van der Waals surface area (Å²) in [5.74, 6) is -0.815. The van der Waals surface area contributed by atoms with Crippen LogP contribution in [-0.4, -0.2) is 18.0 Å². The van der Waals surface area contributed by atoms with E-state index >= 15 is 0 Å². The molecule has 2 aromatic rings. The number of benzene rings is 1. The maximum atomic E-state index is 12.2. The number of hydrogen-bond donors (Lipinski definition) is 1. The zero-order valence-corrected chi connectivity index (χ0v) is 15.5. The molecule has 0 bridgehead atoms. The summed E-state index contributed by atoms with van der Waals surface area (Å²) in [6.45, 7) is 3.34. The van der Waals surface area contributed by atoms with E-state index in [4.69, 9.17) is 27.9 Å². The molecule has 0 aliphatic rings. The third kappa shape index (κ3) is 5.23. The largest absolute Gasteiger partial charge is 0.452 e. The molecule has 1 heterocycles. The van der Waals surface area contributed by atoms with Gasteiger partial charge in [-0.3, -0.25) is 9.59 Å². The van der Waals surface area contributed by atoms with Gasteiger partial charge in [-0.15, -0.1) is 11.3 Å². The van der Waals surface area contributed by atoms with Gasteiger partial charge in [0.25, 0.3) is 5.91 Å². The fourth-order valence-electron chi connectivity index (χ4n) is 2.11. The molecule has 0 saturated carbocycles. The molecule has 0 aliphatic carbocycles. The highest BCUT2D eigenvalue weighted by Gasteiger charge is 2.21. The van der Waals surface area contributed by atoms with E-state index in [2.05, 4.69) is 5.32 Å². The molecule has 0 fully saturated rings. The van der Waals surface area contributed by atoms with Gasteiger partial charge >= 0.3 is 5.97 Å². The molecule has 128 valence electrons. The van der Waals surface area contributed by atoms with Crippen molar-refractivity contribution in [2.75, 3.05) is 0 Å². The minimum Gasteiger partial charge on any atom is -0.452 e. The number of carbonyl (C=O) groups is 2. The minimum atomic E-state index is -0.883. The average molecular weight is 386 g/mol. The first-order valence-electron chi connectivity index (χ1n) is 7.34. The average Bonchev–Trinajstić information content (AvgIpc) is 2.99. The fraction of sp³-hybridized carbons (Fsp3) is 0.294. The Bertz CT molecular complexity index is 719. The standard InChI is InChI=1S/C17H17Cl2NO3S/c1-10(14-6-5-12(18)8-15(14)19)20-17(22)11(2)23-16(21)9-13-4-3-7-24-13/h3-8,10-11H,9H2,1-2H3,(H,20,22)/t10-,11-/m0/s1. The number of amides is 1. The lowest BCUT2D eigenvalue weighted by Crippen LogP contribution is -2.37. The lowest BCUT2D eigenvalue weighted by atomic mass is 10.1. The molecular weight excluding hydrogens is 369 g/mol. The smallest absolute Gasteiger partial charge is 0.311 e. The minimum absolute atomic E-state index is 0.161. The van der Waals surface area contributed by atoms with Gasteiger partial charge in [0.15, 0.2) is 6.10 Å². The van der Waals surface area contributed by atoms with Crippen LogP contribution >= 0.6 is 34.5 Å². The molecule has 1 amide bonds. The zero-order valence-electron chi connectivity index (χ0n) is 13.2. The SMILES string of the molecule is C[C@H](OC(=O)Cc1cccs1)C(=O)N[C@@H](C)c1ccc(Cl)cc1Cl. The number of nitrogens with one attached hydrogen (secondary N) is 1. The summed E-state index contributed by atoms with van der Waals surface area (Å²) in [6.07, 6.45) is -0.723. The van der Waals surface area contributed by atoms with E-state index in [9.17, 15) is 9.59 Å². The molecule has 2 rings (SSSR count). The highest BCUT2D eigenvalue weighted by Crippen LogP contribution is 2.26. The third-order valence-electron chi connectivity index (χ3n) is 3.36. The summed E-state index contributed by atoms with van der Waals surface area (Å²) in [7, 11) is 0. The summed E-state index contributed by atoms with van der Waals surface area (Å²) < 4.78 is 5.17. The molecule has 0 unspecified atom stereocenters. The monoisotopic (exact) mass is 385 g/mol. The first kappa shape index (κ1) is 18.8. The molecule has 0 radical (unpaired) electrons. The Kier molecular flexibility index (Phi) is 6.66. The van der Waals surface area contributed by atoms with Gasteiger partial charge in [0.1, 0.15) is 0 Å². The predicted octanol–water partition coefficient (Wildman–Crippen LogP) is 4.41. The highest BCUT2D eigenvalue weighted by atomic mass is 35.5. The molecular formula is C17H17Cl2NO3S. The van der Waals surface area contributed by atoms with Gasteiger partial charge in [-0.05, 0) is 43.0 Å². The first-order chi connectivity index (χ1) is 11.4. The molecule has 0 aliphatic heterocycles. The summed E-state index contributed by atoms with van der Waals surface area (Å²) in [5, 5.41) is 5.66. The van der Waals surface area contributed by atoms with Crippen LogP contribution in [0.4, 0.5) is 0 Å². The van der Waals surface area contributed by atoms with Crippen LogP contribution in [0.5, 0.6) is 0 Å². The first-order valence-corrected chi connectivity index (χ1v) is 8.97. The van der Waals surface area contributed by atoms with Gasteiger partial charge < -0.3 is 10.1 Å². The van der Waals surface area contributed by atoms with Crippen molar-refractivity contribution in [2.45, 2.75) is 32.4 Å². The van der Waals surface area contributed by atoms with E-state index < -0.39 is 12.1 Å². The van der Waals surface area contributed by atoms with E-state index in [0.717, 1.165) is 10.4 Å². The van der Waals surface area contributed by atoms with Gasteiger partial charge in [0.2, 0.25) is 0 Å². The van der Waals surface area contributed by atoms with Crippen molar-refractivity contribution >= 4 is 46.4 Å². The van der Waals surface area contributed by atoms with Gasteiger partial charge in [-0.1, -0.05) is 35.3 Å². The summed E-state index contributed by atoms with van der Waals surface area (Å²) in [6, 6.07) is 8.45. The van der Waals surface area contributed by atoms with E-state index in [1.54, 1.807) is 25.1 Å².